The Balaban J connectivity index is 1.67. The molecule has 0 spiro atoms. The van der Waals surface area contributed by atoms with Gasteiger partial charge >= 0.3 is 0 Å². The van der Waals surface area contributed by atoms with Gasteiger partial charge in [0.15, 0.2) is 0 Å². The Kier molecular flexibility index (Phi) is 5.23. The van der Waals surface area contributed by atoms with E-state index >= 15 is 0 Å². The van der Waals surface area contributed by atoms with Crippen molar-refractivity contribution < 1.29 is 14.0 Å². The quantitative estimate of drug-likeness (QED) is 0.461. The first-order valence-corrected chi connectivity index (χ1v) is 10.3. The lowest BCUT2D eigenvalue weighted by molar-refractivity contribution is -0.123. The van der Waals surface area contributed by atoms with Crippen molar-refractivity contribution in [3.63, 3.8) is 0 Å². The molecule has 2 heterocycles. The monoisotopic (exact) mass is 428 g/mol. The van der Waals surface area contributed by atoms with Crippen LogP contribution in [0.3, 0.4) is 0 Å². The van der Waals surface area contributed by atoms with Crippen molar-refractivity contribution in [3.8, 4) is 0 Å². The molecule has 2 amide bonds. The molecule has 0 aliphatic carbocycles. The first-order valence-electron chi connectivity index (χ1n) is 9.14. The number of para-hydroxylation sites is 1. The fraction of sp³-hybridized carbons (Fsp3) is 0.182. The van der Waals surface area contributed by atoms with Crippen molar-refractivity contribution in [3.05, 3.63) is 75.5 Å². The van der Waals surface area contributed by atoms with Gasteiger partial charge in [-0.1, -0.05) is 35.9 Å². The Hall–Kier alpha value is -2.57. The van der Waals surface area contributed by atoms with E-state index in [1.165, 1.54) is 18.2 Å². The highest BCUT2D eigenvalue weighted by molar-refractivity contribution is 8.18. The van der Waals surface area contributed by atoms with Crippen LogP contribution in [0.1, 0.15) is 31.0 Å². The summed E-state index contributed by atoms with van der Waals surface area (Å²) in [7, 11) is 0. The zero-order chi connectivity index (χ0) is 20.7. The van der Waals surface area contributed by atoms with Gasteiger partial charge in [0.05, 0.1) is 11.4 Å². The third-order valence-electron chi connectivity index (χ3n) is 4.83. The molecule has 7 heteroatoms. The Morgan fingerprint density at radius 1 is 1.17 bits per heavy atom. The summed E-state index contributed by atoms with van der Waals surface area (Å²) >= 11 is 6.96. The van der Waals surface area contributed by atoms with E-state index in [4.69, 9.17) is 11.6 Å². The predicted molar refractivity (Wildman–Crippen MR) is 115 cm³/mol. The minimum absolute atomic E-state index is 0.00880. The van der Waals surface area contributed by atoms with Crippen LogP contribution in [0.25, 0.3) is 17.0 Å². The van der Waals surface area contributed by atoms with Gasteiger partial charge < -0.3 is 4.57 Å². The number of imide groups is 1. The van der Waals surface area contributed by atoms with Crippen LogP contribution in [0.2, 0.25) is 5.02 Å². The lowest BCUT2D eigenvalue weighted by Gasteiger charge is -2.13. The Morgan fingerprint density at radius 2 is 1.93 bits per heavy atom. The van der Waals surface area contributed by atoms with Gasteiger partial charge in [-0.15, -0.1) is 0 Å². The van der Waals surface area contributed by atoms with Crippen LogP contribution >= 0.6 is 23.4 Å². The van der Waals surface area contributed by atoms with Crippen LogP contribution in [0.5, 0.6) is 0 Å². The topological polar surface area (TPSA) is 42.3 Å². The lowest BCUT2D eigenvalue weighted by atomic mass is 10.1. The summed E-state index contributed by atoms with van der Waals surface area (Å²) in [6.45, 7) is 4.20. The number of carbonyl (C=O) groups is 2. The van der Waals surface area contributed by atoms with Gasteiger partial charge in [0.25, 0.3) is 11.1 Å². The molecule has 0 bridgehead atoms. The van der Waals surface area contributed by atoms with Crippen LogP contribution in [0.4, 0.5) is 9.18 Å². The Morgan fingerprint density at radius 3 is 2.66 bits per heavy atom. The van der Waals surface area contributed by atoms with Crippen molar-refractivity contribution in [1.29, 1.82) is 0 Å². The fourth-order valence-corrected chi connectivity index (χ4v) is 4.43. The van der Waals surface area contributed by atoms with E-state index in [1.807, 2.05) is 30.5 Å². The number of rotatable bonds is 4. The third kappa shape index (κ3) is 3.70. The summed E-state index contributed by atoms with van der Waals surface area (Å²) in [5.41, 5.74) is 2.48. The molecule has 2 aromatic carbocycles. The van der Waals surface area contributed by atoms with Crippen LogP contribution in [0, 0.1) is 5.82 Å². The van der Waals surface area contributed by atoms with Gasteiger partial charge in [-0.25, -0.2) is 4.39 Å². The molecule has 4 rings (SSSR count). The first kappa shape index (κ1) is 19.7. The number of thioether (sulfide) groups is 1. The second-order valence-corrected chi connectivity index (χ2v) is 8.51. The molecule has 4 nitrogen and oxygen atoms in total. The van der Waals surface area contributed by atoms with Crippen molar-refractivity contribution in [2.45, 2.75) is 26.4 Å². The van der Waals surface area contributed by atoms with Crippen LogP contribution in [-0.4, -0.2) is 20.6 Å². The Bertz CT molecular complexity index is 1170. The van der Waals surface area contributed by atoms with Crippen LogP contribution in [-0.2, 0) is 11.3 Å². The van der Waals surface area contributed by atoms with Crippen molar-refractivity contribution in [2.75, 3.05) is 0 Å². The zero-order valence-corrected chi connectivity index (χ0v) is 17.4. The van der Waals surface area contributed by atoms with Crippen LogP contribution < -0.4 is 0 Å². The number of hydrogen-bond acceptors (Lipinski definition) is 3. The van der Waals surface area contributed by atoms with E-state index < -0.39 is 5.82 Å². The summed E-state index contributed by atoms with van der Waals surface area (Å²) in [6, 6.07) is 12.2. The number of carbonyl (C=O) groups excluding carboxylic acids is 2. The van der Waals surface area contributed by atoms with Gasteiger partial charge in [0.1, 0.15) is 5.82 Å². The van der Waals surface area contributed by atoms with Gasteiger partial charge in [-0.2, -0.15) is 0 Å². The molecule has 0 N–H and O–H groups in total. The Labute approximate surface area is 176 Å². The molecule has 1 saturated heterocycles. The van der Waals surface area contributed by atoms with E-state index in [0.29, 0.717) is 10.5 Å². The summed E-state index contributed by atoms with van der Waals surface area (Å²) in [5, 5.41) is 0.844. The van der Waals surface area contributed by atoms with Crippen molar-refractivity contribution >= 4 is 51.5 Å². The first-order chi connectivity index (χ1) is 13.8. The number of aromatic nitrogens is 1. The lowest BCUT2D eigenvalue weighted by Crippen LogP contribution is -2.27. The van der Waals surface area contributed by atoms with Gasteiger partial charge in [0, 0.05) is 33.7 Å². The SMILES string of the molecule is CC(C)n1cc(/C=C2/SC(=O)N(Cc3ccc(F)cc3Cl)C2=O)c2ccccc21. The molecule has 3 aromatic rings. The van der Waals surface area contributed by atoms with Gasteiger partial charge in [0.2, 0.25) is 0 Å². The fourth-order valence-electron chi connectivity index (χ4n) is 3.37. The number of fused-ring (bicyclic) bond motifs is 1. The maximum Gasteiger partial charge on any atom is 0.293 e. The molecule has 29 heavy (non-hydrogen) atoms. The second-order valence-electron chi connectivity index (χ2n) is 7.11. The summed E-state index contributed by atoms with van der Waals surface area (Å²) < 4.78 is 15.4. The second kappa shape index (κ2) is 7.69. The largest absolute Gasteiger partial charge is 0.344 e. The molecule has 1 aromatic heterocycles. The van der Waals surface area contributed by atoms with E-state index in [-0.39, 0.29) is 28.8 Å². The molecular weight excluding hydrogens is 411 g/mol. The van der Waals surface area contributed by atoms with Crippen molar-refractivity contribution in [2.24, 2.45) is 0 Å². The molecule has 148 valence electrons. The van der Waals surface area contributed by atoms with E-state index in [9.17, 15) is 14.0 Å². The van der Waals surface area contributed by atoms with Crippen LogP contribution in [0.15, 0.2) is 53.6 Å². The molecule has 0 radical (unpaired) electrons. The average molecular weight is 429 g/mol. The molecule has 0 atom stereocenters. The third-order valence-corrected chi connectivity index (χ3v) is 6.09. The van der Waals surface area contributed by atoms with Gasteiger partial charge in [-0.05, 0) is 55.4 Å². The molecular formula is C22H18ClFN2O2S. The molecule has 1 aliphatic heterocycles. The minimum Gasteiger partial charge on any atom is -0.344 e. The van der Waals surface area contributed by atoms with E-state index in [0.717, 1.165) is 33.1 Å². The van der Waals surface area contributed by atoms with Gasteiger partial charge in [-0.3, -0.25) is 14.5 Å². The molecule has 0 unspecified atom stereocenters. The highest BCUT2D eigenvalue weighted by Gasteiger charge is 2.35. The highest BCUT2D eigenvalue weighted by atomic mass is 35.5. The number of amides is 2. The summed E-state index contributed by atoms with van der Waals surface area (Å²) in [4.78, 5) is 26.8. The average Bonchev–Trinajstić information content (AvgIpc) is 3.17. The number of hydrogen-bond donors (Lipinski definition) is 0. The zero-order valence-electron chi connectivity index (χ0n) is 15.9. The molecule has 1 fully saturated rings. The smallest absolute Gasteiger partial charge is 0.293 e. The normalized spacial score (nSPS) is 16.0. The summed E-state index contributed by atoms with van der Waals surface area (Å²) in [6.07, 6.45) is 3.76. The standard InChI is InChI=1S/C22H18ClFN2O2S/c1-13(2)25-12-15(17-5-3-4-6-19(17)25)9-20-21(27)26(22(28)29-20)11-14-7-8-16(24)10-18(14)23/h3-10,12-13H,11H2,1-2H3/b20-9+. The predicted octanol–water partition coefficient (Wildman–Crippen LogP) is 6.25. The maximum absolute atomic E-state index is 13.3. The highest BCUT2D eigenvalue weighted by Crippen LogP contribution is 2.36. The van der Waals surface area contributed by atoms with Crippen molar-refractivity contribution in [1.82, 2.24) is 9.47 Å². The minimum atomic E-state index is -0.464. The number of nitrogens with zero attached hydrogens (tertiary/aromatic N) is 2. The van der Waals surface area contributed by atoms with E-state index in [1.54, 1.807) is 6.08 Å². The number of halogens is 2. The molecule has 1 aliphatic rings. The summed E-state index contributed by atoms with van der Waals surface area (Å²) in [5.74, 6) is -0.837. The van der Waals surface area contributed by atoms with E-state index in [2.05, 4.69) is 18.4 Å². The molecule has 0 saturated carbocycles. The maximum atomic E-state index is 13.3. The number of benzene rings is 2.